The second kappa shape index (κ2) is 14.8. The van der Waals surface area contributed by atoms with Gasteiger partial charge in [-0.2, -0.15) is 0 Å². The van der Waals surface area contributed by atoms with Crippen molar-refractivity contribution in [1.29, 1.82) is 0 Å². The summed E-state index contributed by atoms with van der Waals surface area (Å²) in [7, 11) is 3.17. The van der Waals surface area contributed by atoms with Crippen molar-refractivity contribution in [2.45, 2.75) is 39.4 Å². The number of methoxy groups -OCH3 is 2. The van der Waals surface area contributed by atoms with Crippen molar-refractivity contribution in [2.75, 3.05) is 14.2 Å². The fourth-order valence-corrected chi connectivity index (χ4v) is 4.44. The molecule has 0 spiro atoms. The van der Waals surface area contributed by atoms with Crippen molar-refractivity contribution < 1.29 is 33.0 Å². The van der Waals surface area contributed by atoms with E-state index in [-0.39, 0.29) is 17.3 Å². The van der Waals surface area contributed by atoms with Crippen LogP contribution in [0.15, 0.2) is 106 Å². The molecule has 0 amide bonds. The van der Waals surface area contributed by atoms with Crippen LogP contribution in [0.4, 0.5) is 0 Å². The standard InChI is InChI=1S/C20H21ClO4.C17H14O4/c1-13(2)24-19(23)20(3,4)25-17-11-7-15(8-12-17)18(22)14-5-9-16(21)10-6-14;1-19-12-5-3-4-11(8-12)16-10-15(18)14-7-6-13(20-2)9-17(14)21-16/h5-13H,1-4H3;3-10H,1-2H3. The molecule has 5 rings (SSSR count). The van der Waals surface area contributed by atoms with Gasteiger partial charge in [-0.3, -0.25) is 9.59 Å². The lowest BCUT2D eigenvalue weighted by Gasteiger charge is -2.25. The van der Waals surface area contributed by atoms with E-state index in [9.17, 15) is 14.4 Å². The summed E-state index contributed by atoms with van der Waals surface area (Å²) in [5.74, 6) is 1.79. The molecule has 0 aliphatic heterocycles. The number of ketones is 1. The van der Waals surface area contributed by atoms with E-state index < -0.39 is 11.6 Å². The van der Waals surface area contributed by atoms with Gasteiger partial charge in [-0.15, -0.1) is 0 Å². The summed E-state index contributed by atoms with van der Waals surface area (Å²) in [6.07, 6.45) is -0.213. The maximum absolute atomic E-state index is 12.4. The summed E-state index contributed by atoms with van der Waals surface area (Å²) in [4.78, 5) is 36.7. The maximum atomic E-state index is 12.4. The SMILES string of the molecule is CC(C)OC(=O)C(C)(C)Oc1ccc(C(=O)c2ccc(Cl)cc2)cc1.COc1cccc(-c2cc(=O)c3ccc(OC)cc3o2)c1. The van der Waals surface area contributed by atoms with Crippen molar-refractivity contribution >= 4 is 34.3 Å². The zero-order chi connectivity index (χ0) is 33.4. The van der Waals surface area contributed by atoms with Crippen LogP contribution < -0.4 is 19.6 Å². The fourth-order valence-electron chi connectivity index (χ4n) is 4.32. The van der Waals surface area contributed by atoms with Gasteiger partial charge in [0, 0.05) is 33.8 Å². The minimum absolute atomic E-state index is 0.0864. The van der Waals surface area contributed by atoms with Crippen molar-refractivity contribution in [3.63, 3.8) is 0 Å². The summed E-state index contributed by atoms with van der Waals surface area (Å²) in [5.41, 5.74) is 1.16. The average Bonchev–Trinajstić information content (AvgIpc) is 3.04. The van der Waals surface area contributed by atoms with Crippen molar-refractivity contribution in [2.24, 2.45) is 0 Å². The Morgan fingerprint density at radius 1 is 0.761 bits per heavy atom. The number of hydrogen-bond acceptors (Lipinski definition) is 8. The van der Waals surface area contributed by atoms with E-state index in [2.05, 4.69) is 0 Å². The van der Waals surface area contributed by atoms with Crippen molar-refractivity contribution in [3.05, 3.63) is 123 Å². The second-order valence-corrected chi connectivity index (χ2v) is 11.4. The minimum atomic E-state index is -1.12. The highest BCUT2D eigenvalue weighted by molar-refractivity contribution is 6.30. The lowest BCUT2D eigenvalue weighted by Crippen LogP contribution is -2.40. The normalized spacial score (nSPS) is 11.0. The molecule has 5 aromatic rings. The van der Waals surface area contributed by atoms with E-state index in [4.69, 9.17) is 35.0 Å². The molecule has 0 saturated heterocycles. The number of carbonyl (C=O) groups excluding carboxylic acids is 2. The molecule has 0 aliphatic rings. The highest BCUT2D eigenvalue weighted by atomic mass is 35.5. The first-order chi connectivity index (χ1) is 21.9. The van der Waals surface area contributed by atoms with Crippen LogP contribution in [0.25, 0.3) is 22.3 Å². The van der Waals surface area contributed by atoms with Gasteiger partial charge in [0.25, 0.3) is 0 Å². The van der Waals surface area contributed by atoms with Crippen LogP contribution in [0.3, 0.4) is 0 Å². The van der Waals surface area contributed by atoms with Gasteiger partial charge in [0.15, 0.2) is 16.8 Å². The van der Waals surface area contributed by atoms with Crippen molar-refractivity contribution in [1.82, 2.24) is 0 Å². The first kappa shape index (κ1) is 33.8. The van der Waals surface area contributed by atoms with E-state index >= 15 is 0 Å². The number of carbonyl (C=O) groups is 2. The second-order valence-electron chi connectivity index (χ2n) is 11.0. The minimum Gasteiger partial charge on any atom is -0.497 e. The smallest absolute Gasteiger partial charge is 0.350 e. The number of fused-ring (bicyclic) bond motifs is 1. The molecule has 1 heterocycles. The molecular formula is C37H35ClO8. The van der Waals surface area contributed by atoms with Crippen LogP contribution in [0.2, 0.25) is 5.02 Å². The third-order valence-corrected chi connectivity index (χ3v) is 6.97. The van der Waals surface area contributed by atoms with Gasteiger partial charge in [0.05, 0.1) is 25.7 Å². The van der Waals surface area contributed by atoms with Crippen LogP contribution >= 0.6 is 11.6 Å². The van der Waals surface area contributed by atoms with Gasteiger partial charge >= 0.3 is 5.97 Å². The molecule has 0 bridgehead atoms. The number of benzene rings is 4. The Hall–Kier alpha value is -5.08. The van der Waals surface area contributed by atoms with Crippen LogP contribution in [0, 0.1) is 0 Å². The number of ether oxygens (including phenoxy) is 4. The molecule has 0 saturated carbocycles. The van der Waals surface area contributed by atoms with Crippen molar-refractivity contribution in [3.8, 4) is 28.6 Å². The van der Waals surface area contributed by atoms with E-state index in [0.29, 0.717) is 50.1 Å². The molecule has 0 aliphatic carbocycles. The van der Waals surface area contributed by atoms with E-state index in [1.165, 1.54) is 6.07 Å². The van der Waals surface area contributed by atoms with E-state index in [1.54, 1.807) is 109 Å². The number of halogens is 1. The Kier molecular flexibility index (Phi) is 10.9. The molecule has 0 unspecified atom stereocenters. The molecule has 0 radical (unpaired) electrons. The molecule has 238 valence electrons. The maximum Gasteiger partial charge on any atom is 0.350 e. The Balaban J connectivity index is 0.000000211. The summed E-state index contributed by atoms with van der Waals surface area (Å²) in [5, 5.41) is 1.11. The van der Waals surface area contributed by atoms with Crippen LogP contribution in [-0.4, -0.2) is 37.7 Å². The molecule has 4 aromatic carbocycles. The third kappa shape index (κ3) is 8.55. The van der Waals surface area contributed by atoms with E-state index in [0.717, 1.165) is 5.56 Å². The highest BCUT2D eigenvalue weighted by Gasteiger charge is 2.32. The molecule has 1 aromatic heterocycles. The average molecular weight is 643 g/mol. The van der Waals surface area contributed by atoms with Crippen LogP contribution in [-0.2, 0) is 9.53 Å². The quantitative estimate of drug-likeness (QED) is 0.117. The summed E-state index contributed by atoms with van der Waals surface area (Å²) >= 11 is 5.84. The van der Waals surface area contributed by atoms with Crippen LogP contribution in [0.1, 0.15) is 43.6 Å². The Morgan fingerprint density at radius 2 is 1.35 bits per heavy atom. The predicted molar refractivity (Wildman–Crippen MR) is 178 cm³/mol. The van der Waals surface area contributed by atoms with Gasteiger partial charge in [0.1, 0.15) is 28.6 Å². The Bertz CT molecular complexity index is 1870. The first-order valence-corrected chi connectivity index (χ1v) is 14.8. The summed E-state index contributed by atoms with van der Waals surface area (Å²) < 4.78 is 27.1. The molecule has 8 nitrogen and oxygen atoms in total. The lowest BCUT2D eigenvalue weighted by atomic mass is 10.0. The lowest BCUT2D eigenvalue weighted by molar-refractivity contribution is -0.163. The zero-order valence-corrected chi connectivity index (χ0v) is 27.2. The topological polar surface area (TPSA) is 101 Å². The van der Waals surface area contributed by atoms with Gasteiger partial charge < -0.3 is 23.4 Å². The number of hydrogen-bond donors (Lipinski definition) is 0. The predicted octanol–water partition coefficient (Wildman–Crippen LogP) is 8.16. The van der Waals surface area contributed by atoms with Gasteiger partial charge in [-0.05, 0) is 100 Å². The molecule has 0 N–H and O–H groups in total. The number of rotatable bonds is 9. The van der Waals surface area contributed by atoms with Crippen LogP contribution in [0.5, 0.6) is 17.2 Å². The summed E-state index contributed by atoms with van der Waals surface area (Å²) in [6, 6.07) is 27.4. The molecule has 9 heteroatoms. The van der Waals surface area contributed by atoms with Gasteiger partial charge in [0.2, 0.25) is 0 Å². The zero-order valence-electron chi connectivity index (χ0n) is 26.5. The van der Waals surface area contributed by atoms with Gasteiger partial charge in [-0.1, -0.05) is 23.7 Å². The fraction of sp³-hybridized carbons (Fsp3) is 0.216. The third-order valence-electron chi connectivity index (χ3n) is 6.72. The highest BCUT2D eigenvalue weighted by Crippen LogP contribution is 2.27. The molecular weight excluding hydrogens is 608 g/mol. The Labute approximate surface area is 272 Å². The molecule has 0 atom stereocenters. The molecule has 46 heavy (non-hydrogen) atoms. The number of esters is 1. The van der Waals surface area contributed by atoms with Gasteiger partial charge in [-0.25, -0.2) is 4.79 Å². The monoisotopic (exact) mass is 642 g/mol. The molecule has 0 fully saturated rings. The summed E-state index contributed by atoms with van der Waals surface area (Å²) in [6.45, 7) is 6.85. The van der Waals surface area contributed by atoms with E-state index in [1.807, 2.05) is 24.3 Å². The Morgan fingerprint density at radius 3 is 1.96 bits per heavy atom. The largest absolute Gasteiger partial charge is 0.497 e. The first-order valence-electron chi connectivity index (χ1n) is 14.5.